The van der Waals surface area contributed by atoms with Gasteiger partial charge in [-0.15, -0.1) is 11.8 Å². The largest absolute Gasteiger partial charge is 0.457 e. The highest BCUT2D eigenvalue weighted by Crippen LogP contribution is 2.37. The average molecular weight is 927 g/mol. The monoisotopic (exact) mass is 926 g/mol. The second-order valence-corrected chi connectivity index (χ2v) is 19.4. The topological polar surface area (TPSA) is 172 Å². The predicted octanol–water partition coefficient (Wildman–Crippen LogP) is 7.32. The number of carbonyl (C=O) groups excluding carboxylic acids is 4. The number of nitrogens with two attached hydrogens (primary N) is 1. The van der Waals surface area contributed by atoms with Crippen molar-refractivity contribution in [2.75, 3.05) is 63.8 Å². The van der Waals surface area contributed by atoms with Crippen LogP contribution in [-0.2, 0) is 20.9 Å². The average Bonchev–Trinajstić information content (AvgIpc) is 3.91. The number of piperazine rings is 1. The highest BCUT2D eigenvalue weighted by Gasteiger charge is 2.40. The summed E-state index contributed by atoms with van der Waals surface area (Å²) in [6.45, 7) is 8.13. The van der Waals surface area contributed by atoms with Crippen LogP contribution in [0.5, 0.6) is 11.5 Å². The van der Waals surface area contributed by atoms with Gasteiger partial charge < -0.3 is 30.1 Å². The lowest BCUT2D eigenvalue weighted by Crippen LogP contribution is -2.52. The summed E-state index contributed by atoms with van der Waals surface area (Å²) in [4.78, 5) is 69.6. The molecule has 0 spiro atoms. The van der Waals surface area contributed by atoms with Crippen LogP contribution < -0.4 is 15.8 Å². The van der Waals surface area contributed by atoms with Crippen LogP contribution in [-0.4, -0.2) is 127 Å². The maximum atomic E-state index is 13.6. The van der Waals surface area contributed by atoms with Crippen molar-refractivity contribution in [3.8, 4) is 22.8 Å². The number of likely N-dealkylation sites (tertiary alicyclic amines) is 1. The first-order valence-corrected chi connectivity index (χ1v) is 25.2. The minimum atomic E-state index is -0.584. The van der Waals surface area contributed by atoms with E-state index in [1.807, 2.05) is 76.3 Å². The third kappa shape index (κ3) is 11.1. The van der Waals surface area contributed by atoms with Gasteiger partial charge in [0.1, 0.15) is 35.4 Å². The molecule has 0 aliphatic carbocycles. The van der Waals surface area contributed by atoms with Gasteiger partial charge in [0.15, 0.2) is 5.65 Å². The van der Waals surface area contributed by atoms with Crippen molar-refractivity contribution in [2.45, 2.75) is 101 Å². The van der Waals surface area contributed by atoms with E-state index in [4.69, 9.17) is 15.6 Å². The Balaban J connectivity index is 0.645. The van der Waals surface area contributed by atoms with E-state index in [0.717, 1.165) is 116 Å². The summed E-state index contributed by atoms with van der Waals surface area (Å²) in [6.07, 6.45) is 12.6. The summed E-state index contributed by atoms with van der Waals surface area (Å²) in [7, 11) is 0. The third-order valence-electron chi connectivity index (χ3n) is 13.7. The van der Waals surface area contributed by atoms with Gasteiger partial charge in [0, 0.05) is 74.7 Å². The van der Waals surface area contributed by atoms with Crippen LogP contribution >= 0.6 is 11.8 Å². The van der Waals surface area contributed by atoms with E-state index in [1.165, 1.54) is 38.4 Å². The van der Waals surface area contributed by atoms with Gasteiger partial charge in [0.25, 0.3) is 5.91 Å². The maximum Gasteiger partial charge on any atom is 0.255 e. The van der Waals surface area contributed by atoms with Crippen LogP contribution in [0.15, 0.2) is 84.0 Å². The number of benzene rings is 3. The number of hydrogen-bond acceptors (Lipinski definition) is 12. The normalized spacial score (nSPS) is 19.3. The number of nitrogens with one attached hydrogen (secondary N) is 1. The second kappa shape index (κ2) is 21.9. The number of hydrogen-bond donors (Lipinski definition) is 2. The summed E-state index contributed by atoms with van der Waals surface area (Å²) >= 11 is 1.80. The number of nitrogens with zero attached hydrogens (tertiary/aromatic N) is 8. The minimum Gasteiger partial charge on any atom is -0.457 e. The number of carbonyl (C=O) groups is 4. The van der Waals surface area contributed by atoms with E-state index < -0.39 is 6.04 Å². The van der Waals surface area contributed by atoms with Crippen molar-refractivity contribution in [2.24, 2.45) is 0 Å². The lowest BCUT2D eigenvalue weighted by molar-refractivity contribution is -0.137. The fraction of sp³-hybridized carbons (Fsp3) is 0.471. The van der Waals surface area contributed by atoms with Crippen molar-refractivity contribution in [1.29, 1.82) is 0 Å². The van der Waals surface area contributed by atoms with Crippen LogP contribution in [0.3, 0.4) is 0 Å². The summed E-state index contributed by atoms with van der Waals surface area (Å²) in [5, 5.41) is 8.18. The number of ether oxygens (including phenoxy) is 1. The molecule has 3 aromatic carbocycles. The molecule has 2 aromatic heterocycles. The Morgan fingerprint density at radius 2 is 1.52 bits per heavy atom. The number of piperidine rings is 2. The number of imide groups is 1. The number of para-hydroxylation sites is 1. The molecule has 6 heterocycles. The maximum absolute atomic E-state index is 13.6. The minimum absolute atomic E-state index is 0.0125. The molecule has 9 rings (SSSR count). The number of nitrogen functional groups attached to an aromatic ring is 1. The lowest BCUT2D eigenvalue weighted by Gasteiger charge is -2.35. The Morgan fingerprint density at radius 3 is 2.30 bits per heavy atom. The third-order valence-corrected chi connectivity index (χ3v) is 14.9. The Bertz CT molecular complexity index is 2530. The van der Waals surface area contributed by atoms with Gasteiger partial charge in [-0.2, -0.15) is 5.10 Å². The smallest absolute Gasteiger partial charge is 0.255 e. The van der Waals surface area contributed by atoms with Crippen LogP contribution in [0.2, 0.25) is 0 Å². The summed E-state index contributed by atoms with van der Waals surface area (Å²) in [5.74, 6) is 2.33. The molecular weight excluding hydrogens is 865 g/mol. The molecule has 0 bridgehead atoms. The van der Waals surface area contributed by atoms with Gasteiger partial charge in [0.2, 0.25) is 17.7 Å². The summed E-state index contributed by atoms with van der Waals surface area (Å²) in [5.41, 5.74) is 10.4. The van der Waals surface area contributed by atoms with Crippen LogP contribution in [0.1, 0.15) is 99.0 Å². The van der Waals surface area contributed by atoms with E-state index in [0.29, 0.717) is 43.0 Å². The molecule has 3 N–H and O–H groups in total. The van der Waals surface area contributed by atoms with Gasteiger partial charge in [-0.1, -0.05) is 49.9 Å². The van der Waals surface area contributed by atoms with Crippen LogP contribution in [0.25, 0.3) is 22.3 Å². The van der Waals surface area contributed by atoms with Crippen molar-refractivity contribution < 1.29 is 23.9 Å². The Labute approximate surface area is 396 Å². The molecule has 67 heavy (non-hydrogen) atoms. The fourth-order valence-corrected chi connectivity index (χ4v) is 11.1. The molecule has 2 atom stereocenters. The number of thioether (sulfide) groups is 1. The standard InChI is InChI=1S/C51H62N10O5S/c52-48-46-47(36-19-21-39(22-20-36)66-38-14-6-5-7-15-38)56-61(49(46)54-35-53-48)37-13-11-27-59(33-37)45(63)18-12-26-58-30-28-57(29-31-58)25-8-3-1-2-4-9-32-67-43-17-10-16-40-41(43)34-60(51(40)65)42-23-24-44(62)55-50(42)64/h5-7,10,14-17,19-22,35,37,42H,1-4,8-9,11-13,18,23-34H2,(H2,52,53,54)(H,55,62,64). The number of fused-ring (bicyclic) bond motifs is 2. The number of unbranched alkanes of at least 4 members (excludes halogenated alkanes) is 5. The van der Waals surface area contributed by atoms with E-state index in [-0.39, 0.29) is 36.1 Å². The number of anilines is 1. The molecule has 0 radical (unpaired) electrons. The fourth-order valence-electron chi connectivity index (χ4n) is 10.0. The molecule has 4 amide bonds. The Morgan fingerprint density at radius 1 is 0.791 bits per heavy atom. The quantitative estimate of drug-likeness (QED) is 0.0481. The van der Waals surface area contributed by atoms with Crippen molar-refractivity contribution in [3.05, 3.63) is 90.3 Å². The second-order valence-electron chi connectivity index (χ2n) is 18.3. The molecule has 4 aliphatic rings. The number of rotatable bonds is 19. The van der Waals surface area contributed by atoms with Crippen molar-refractivity contribution in [1.82, 2.24) is 44.7 Å². The number of aromatic nitrogens is 4. The lowest BCUT2D eigenvalue weighted by atomic mass is 10.0. The van der Waals surface area contributed by atoms with Gasteiger partial charge >= 0.3 is 0 Å². The summed E-state index contributed by atoms with van der Waals surface area (Å²) in [6, 6.07) is 22.8. The summed E-state index contributed by atoms with van der Waals surface area (Å²) < 4.78 is 7.97. The van der Waals surface area contributed by atoms with Gasteiger partial charge in [-0.25, -0.2) is 14.6 Å². The molecule has 5 aromatic rings. The highest BCUT2D eigenvalue weighted by atomic mass is 32.2. The van der Waals surface area contributed by atoms with Crippen molar-refractivity contribution >= 4 is 52.2 Å². The predicted molar refractivity (Wildman–Crippen MR) is 260 cm³/mol. The molecule has 352 valence electrons. The Hall–Kier alpha value is -5.84. The van der Waals surface area contributed by atoms with E-state index in [1.54, 1.807) is 16.7 Å². The molecule has 15 nitrogen and oxygen atoms in total. The van der Waals surface area contributed by atoms with Gasteiger partial charge in [0.05, 0.1) is 11.4 Å². The first-order valence-electron chi connectivity index (χ1n) is 24.2. The van der Waals surface area contributed by atoms with E-state index in [9.17, 15) is 19.2 Å². The van der Waals surface area contributed by atoms with Gasteiger partial charge in [-0.05, 0) is 111 Å². The molecule has 4 aliphatic heterocycles. The van der Waals surface area contributed by atoms with Gasteiger partial charge in [-0.3, -0.25) is 24.5 Å². The molecule has 3 fully saturated rings. The SMILES string of the molecule is Nc1ncnc2c1c(-c1ccc(Oc3ccccc3)cc1)nn2C1CCCN(C(=O)CCCN2CCN(CCCCCCCCSc3cccc4c3CN(C3CCC(=O)NC3=O)C4=O)CC2)C1. The van der Waals surface area contributed by atoms with Crippen LogP contribution in [0.4, 0.5) is 5.82 Å². The first kappa shape index (κ1) is 46.3. The zero-order valence-electron chi connectivity index (χ0n) is 38.3. The van der Waals surface area contributed by atoms with Crippen molar-refractivity contribution in [3.63, 3.8) is 0 Å². The Kier molecular flexibility index (Phi) is 15.1. The molecular formula is C51H62N10O5S. The molecule has 3 saturated heterocycles. The highest BCUT2D eigenvalue weighted by molar-refractivity contribution is 7.99. The molecule has 16 heteroatoms. The zero-order chi connectivity index (χ0) is 46.1. The zero-order valence-corrected chi connectivity index (χ0v) is 39.1. The van der Waals surface area contributed by atoms with E-state index >= 15 is 0 Å². The number of amides is 4. The van der Waals surface area contributed by atoms with Crippen LogP contribution in [0, 0.1) is 0 Å². The first-order chi connectivity index (χ1) is 32.8. The molecule has 2 unspecified atom stereocenters. The van der Waals surface area contributed by atoms with E-state index in [2.05, 4.69) is 31.2 Å². The molecule has 0 saturated carbocycles.